The van der Waals surface area contributed by atoms with Crippen LogP contribution >= 0.6 is 24.8 Å². The van der Waals surface area contributed by atoms with Crippen molar-refractivity contribution in [3.8, 4) is 0 Å². The van der Waals surface area contributed by atoms with E-state index in [2.05, 4.69) is 46.3 Å². The quantitative estimate of drug-likeness (QED) is 0.309. The molecule has 1 aromatic heterocycles. The van der Waals surface area contributed by atoms with Crippen molar-refractivity contribution < 1.29 is 9.59 Å². The molecular formula is C34H40Cl2N4O2. The summed E-state index contributed by atoms with van der Waals surface area (Å²) in [5.74, 6) is -0.157. The molecule has 0 radical (unpaired) electrons. The third-order valence-corrected chi connectivity index (χ3v) is 9.00. The molecule has 2 fully saturated rings. The lowest BCUT2D eigenvalue weighted by atomic mass is 9.74. The minimum atomic E-state index is -0.297. The molecule has 222 valence electrons. The van der Waals surface area contributed by atoms with Crippen LogP contribution in [-0.4, -0.2) is 65.9 Å². The number of hydrogen-bond donors (Lipinski definition) is 0. The molecule has 8 heteroatoms. The molecule has 1 aliphatic carbocycles. The molecule has 6 nitrogen and oxygen atoms in total. The Morgan fingerprint density at radius 1 is 0.929 bits per heavy atom. The predicted molar refractivity (Wildman–Crippen MR) is 173 cm³/mol. The van der Waals surface area contributed by atoms with Crippen LogP contribution in [0.5, 0.6) is 0 Å². The van der Waals surface area contributed by atoms with E-state index in [4.69, 9.17) is 0 Å². The Morgan fingerprint density at radius 3 is 2.40 bits per heavy atom. The van der Waals surface area contributed by atoms with Crippen molar-refractivity contribution in [3.63, 3.8) is 0 Å². The second-order valence-corrected chi connectivity index (χ2v) is 11.4. The Labute approximate surface area is 261 Å². The number of likely N-dealkylation sites (tertiary alicyclic amines) is 2. The fraction of sp³-hybridized carbons (Fsp3) is 0.382. The zero-order valence-corrected chi connectivity index (χ0v) is 25.6. The smallest absolute Gasteiger partial charge is 0.232 e. The highest BCUT2D eigenvalue weighted by Crippen LogP contribution is 2.43. The molecule has 3 aliphatic rings. The highest BCUT2D eigenvalue weighted by atomic mass is 35.5. The van der Waals surface area contributed by atoms with E-state index >= 15 is 0 Å². The van der Waals surface area contributed by atoms with E-state index in [1.165, 1.54) is 11.1 Å². The largest absolute Gasteiger partial charge is 0.342 e. The zero-order valence-electron chi connectivity index (χ0n) is 23.9. The molecular weight excluding hydrogens is 567 g/mol. The van der Waals surface area contributed by atoms with Gasteiger partial charge in [-0.15, -0.1) is 24.8 Å². The number of benzene rings is 2. The summed E-state index contributed by atoms with van der Waals surface area (Å²) >= 11 is 0. The summed E-state index contributed by atoms with van der Waals surface area (Å²) in [6.45, 7) is 4.90. The number of rotatable bonds is 9. The van der Waals surface area contributed by atoms with Gasteiger partial charge in [-0.2, -0.15) is 0 Å². The topological polar surface area (TPSA) is 56.8 Å². The number of amides is 2. The Morgan fingerprint density at radius 2 is 1.64 bits per heavy atom. The van der Waals surface area contributed by atoms with Gasteiger partial charge in [-0.25, -0.2) is 0 Å². The number of fused-ring (bicyclic) bond motifs is 2. The van der Waals surface area contributed by atoms with Crippen LogP contribution in [0.25, 0.3) is 6.08 Å². The summed E-state index contributed by atoms with van der Waals surface area (Å²) in [5.41, 5.74) is 5.11. The first-order valence-corrected chi connectivity index (χ1v) is 14.7. The summed E-state index contributed by atoms with van der Waals surface area (Å²) in [4.78, 5) is 37.0. The Balaban J connectivity index is 0.00000202. The van der Waals surface area contributed by atoms with E-state index in [9.17, 15) is 9.59 Å². The number of para-hydroxylation sites is 1. The molecule has 0 bridgehead atoms. The lowest BCUT2D eigenvalue weighted by molar-refractivity contribution is -0.128. The van der Waals surface area contributed by atoms with E-state index in [0.717, 1.165) is 56.6 Å². The van der Waals surface area contributed by atoms with Gasteiger partial charge >= 0.3 is 0 Å². The summed E-state index contributed by atoms with van der Waals surface area (Å²) in [7, 11) is 0. The fourth-order valence-electron chi connectivity index (χ4n) is 6.66. The van der Waals surface area contributed by atoms with Gasteiger partial charge in [0, 0.05) is 49.6 Å². The fourth-order valence-corrected chi connectivity index (χ4v) is 6.66. The molecule has 3 heterocycles. The van der Waals surface area contributed by atoms with Crippen molar-refractivity contribution in [2.75, 3.05) is 44.2 Å². The number of piperidine rings is 1. The van der Waals surface area contributed by atoms with Crippen molar-refractivity contribution in [2.24, 2.45) is 5.92 Å². The first kappa shape index (κ1) is 31.7. The summed E-state index contributed by atoms with van der Waals surface area (Å²) in [6.07, 6.45) is 12.5. The van der Waals surface area contributed by atoms with Crippen LogP contribution in [0.1, 0.15) is 42.4 Å². The predicted octanol–water partition coefficient (Wildman–Crippen LogP) is 5.80. The van der Waals surface area contributed by atoms with Crippen LogP contribution in [-0.2, 0) is 21.4 Å². The first-order valence-electron chi connectivity index (χ1n) is 14.7. The normalized spacial score (nSPS) is 18.8. The highest BCUT2D eigenvalue weighted by Gasteiger charge is 2.38. The van der Waals surface area contributed by atoms with Crippen LogP contribution < -0.4 is 4.90 Å². The molecule has 0 saturated carbocycles. The van der Waals surface area contributed by atoms with E-state index in [-0.39, 0.29) is 48.0 Å². The van der Waals surface area contributed by atoms with Gasteiger partial charge in [-0.1, -0.05) is 54.6 Å². The number of carbonyl (C=O) groups excluding carboxylic acids is 2. The van der Waals surface area contributed by atoms with Gasteiger partial charge in [0.1, 0.15) is 0 Å². The number of halogens is 2. The van der Waals surface area contributed by atoms with Gasteiger partial charge in [0.05, 0.1) is 5.92 Å². The molecule has 0 N–H and O–H groups in total. The van der Waals surface area contributed by atoms with Crippen LogP contribution in [0.15, 0.2) is 85.2 Å². The molecule has 2 aromatic carbocycles. The van der Waals surface area contributed by atoms with Crippen LogP contribution in [0.3, 0.4) is 0 Å². The lowest BCUT2D eigenvalue weighted by Gasteiger charge is -2.39. The molecule has 1 spiro atoms. The average molecular weight is 608 g/mol. The highest BCUT2D eigenvalue weighted by molar-refractivity contribution is 5.99. The number of anilines is 1. The molecule has 2 saturated heterocycles. The molecule has 2 amide bonds. The van der Waals surface area contributed by atoms with Gasteiger partial charge in [-0.3, -0.25) is 14.6 Å². The minimum Gasteiger partial charge on any atom is -0.342 e. The van der Waals surface area contributed by atoms with Gasteiger partial charge in [0.2, 0.25) is 11.8 Å². The maximum absolute atomic E-state index is 13.8. The third-order valence-electron chi connectivity index (χ3n) is 9.00. The zero-order chi connectivity index (χ0) is 27.4. The van der Waals surface area contributed by atoms with E-state index < -0.39 is 0 Å². The number of carbonyl (C=O) groups is 2. The Kier molecular flexibility index (Phi) is 10.8. The molecule has 3 aromatic rings. The Bertz CT molecular complexity index is 1360. The van der Waals surface area contributed by atoms with Crippen molar-refractivity contribution in [1.82, 2.24) is 14.8 Å². The second-order valence-electron chi connectivity index (χ2n) is 11.4. The third kappa shape index (κ3) is 6.88. The van der Waals surface area contributed by atoms with Crippen molar-refractivity contribution in [1.29, 1.82) is 0 Å². The van der Waals surface area contributed by atoms with Crippen molar-refractivity contribution in [2.45, 2.75) is 37.5 Å². The number of nitrogens with zero attached hydrogens (tertiary/aromatic N) is 4. The number of allylic oxidation sites excluding steroid dienone is 1. The number of pyridine rings is 1. The van der Waals surface area contributed by atoms with Gasteiger partial charge in [0.25, 0.3) is 0 Å². The van der Waals surface area contributed by atoms with Crippen LogP contribution in [0, 0.1) is 5.92 Å². The van der Waals surface area contributed by atoms with E-state index in [1.807, 2.05) is 52.3 Å². The summed E-state index contributed by atoms with van der Waals surface area (Å²) < 4.78 is 0. The summed E-state index contributed by atoms with van der Waals surface area (Å²) in [5, 5.41) is 0. The maximum atomic E-state index is 13.8. The molecule has 6 rings (SSSR count). The van der Waals surface area contributed by atoms with Crippen LogP contribution in [0.4, 0.5) is 5.69 Å². The van der Waals surface area contributed by atoms with Gasteiger partial charge in [0.15, 0.2) is 0 Å². The maximum Gasteiger partial charge on any atom is 0.232 e. The minimum absolute atomic E-state index is 0. The van der Waals surface area contributed by atoms with Crippen molar-refractivity contribution in [3.05, 3.63) is 102 Å². The SMILES string of the molecule is Cl.Cl.O=C1CC(C(=O)N(CCCN2CCC3(C=Cc4ccccc43)CC2)c2ccccc2)CN1CCc1ccncc1. The molecule has 2 aliphatic heterocycles. The number of hydrogen-bond acceptors (Lipinski definition) is 4. The molecule has 42 heavy (non-hydrogen) atoms. The number of aromatic nitrogens is 1. The van der Waals surface area contributed by atoms with E-state index in [1.54, 1.807) is 12.4 Å². The van der Waals surface area contributed by atoms with Crippen LogP contribution in [0.2, 0.25) is 0 Å². The monoisotopic (exact) mass is 606 g/mol. The standard InChI is InChI=1S/C34H38N4O2.2ClH/c39-32-25-29(26-37(32)22-14-27-12-18-35-19-13-27)33(40)38(30-8-2-1-3-9-30)21-6-20-36-23-16-34(17-24-36)15-11-28-7-4-5-10-31(28)34;;/h1-5,7-13,15,18-19,29H,6,14,16-17,20-26H2;2*1H. The van der Waals surface area contributed by atoms with Crippen molar-refractivity contribution >= 4 is 48.4 Å². The molecule has 1 atom stereocenters. The lowest BCUT2D eigenvalue weighted by Crippen LogP contribution is -2.43. The summed E-state index contributed by atoms with van der Waals surface area (Å²) in [6, 6.07) is 22.7. The first-order chi connectivity index (χ1) is 19.6. The Hall–Kier alpha value is -3.19. The van der Waals surface area contributed by atoms with Gasteiger partial charge < -0.3 is 14.7 Å². The van der Waals surface area contributed by atoms with Gasteiger partial charge in [-0.05, 0) is 86.3 Å². The second kappa shape index (κ2) is 14.3. The molecule has 1 unspecified atom stereocenters. The average Bonchev–Trinajstić information content (AvgIpc) is 3.56. The van der Waals surface area contributed by atoms with E-state index in [0.29, 0.717) is 26.1 Å².